The van der Waals surface area contributed by atoms with Crippen molar-refractivity contribution in [3.05, 3.63) is 47.3 Å². The van der Waals surface area contributed by atoms with Crippen LogP contribution in [-0.2, 0) is 9.53 Å². The van der Waals surface area contributed by atoms with Gasteiger partial charge in [-0.25, -0.2) is 0 Å². The molecule has 25 heavy (non-hydrogen) atoms. The zero-order valence-electron chi connectivity index (χ0n) is 14.8. The minimum Gasteiger partial charge on any atom is -0.460 e. The Hall–Kier alpha value is -2.83. The van der Waals surface area contributed by atoms with E-state index in [-0.39, 0.29) is 12.1 Å². The highest BCUT2D eigenvalue weighted by atomic mass is 16.6. The third-order valence-corrected chi connectivity index (χ3v) is 3.30. The number of hydrogen-bond acceptors (Lipinski definition) is 6. The number of aromatic nitrogens is 1. The summed E-state index contributed by atoms with van der Waals surface area (Å²) in [4.78, 5) is 24.6. The molecule has 1 heterocycles. The van der Waals surface area contributed by atoms with Crippen molar-refractivity contribution in [3.8, 4) is 0 Å². The maximum atomic E-state index is 12.4. The highest BCUT2D eigenvalue weighted by Crippen LogP contribution is 2.21. The number of carbonyl (C=O) groups is 2. The first kappa shape index (κ1) is 18.5. The molecule has 0 unspecified atom stereocenters. The van der Waals surface area contributed by atoms with E-state index in [2.05, 4.69) is 10.5 Å². The second-order valence-corrected chi connectivity index (χ2v) is 6.81. The van der Waals surface area contributed by atoms with Gasteiger partial charge in [-0.2, -0.15) is 0 Å². The topological polar surface area (TPSA) is 107 Å². The van der Waals surface area contributed by atoms with Crippen molar-refractivity contribution in [2.45, 2.75) is 45.8 Å². The molecular weight excluding hydrogens is 322 g/mol. The summed E-state index contributed by atoms with van der Waals surface area (Å²) < 4.78 is 10.3. The van der Waals surface area contributed by atoms with Crippen molar-refractivity contribution in [3.63, 3.8) is 0 Å². The molecule has 0 bridgehead atoms. The van der Waals surface area contributed by atoms with Gasteiger partial charge in [0.05, 0.1) is 12.5 Å². The first-order valence-corrected chi connectivity index (χ1v) is 7.95. The molecule has 2 aromatic rings. The molecule has 134 valence electrons. The second-order valence-electron chi connectivity index (χ2n) is 6.81. The van der Waals surface area contributed by atoms with Crippen molar-refractivity contribution in [1.29, 1.82) is 0 Å². The number of ether oxygens (including phenoxy) is 1. The summed E-state index contributed by atoms with van der Waals surface area (Å²) in [5.41, 5.74) is 6.60. The van der Waals surface area contributed by atoms with Crippen LogP contribution in [0, 0.1) is 6.92 Å². The summed E-state index contributed by atoms with van der Waals surface area (Å²) in [6, 6.07) is 7.91. The lowest BCUT2D eigenvalue weighted by Gasteiger charge is -2.23. The minimum atomic E-state index is -0.601. The largest absolute Gasteiger partial charge is 0.460 e. The van der Waals surface area contributed by atoms with Crippen LogP contribution in [0.25, 0.3) is 0 Å². The maximum absolute atomic E-state index is 12.4. The van der Waals surface area contributed by atoms with E-state index in [1.54, 1.807) is 52.0 Å². The molecule has 7 heteroatoms. The first-order valence-electron chi connectivity index (χ1n) is 7.95. The van der Waals surface area contributed by atoms with Crippen LogP contribution in [0.2, 0.25) is 0 Å². The van der Waals surface area contributed by atoms with Gasteiger partial charge < -0.3 is 20.3 Å². The minimum absolute atomic E-state index is 0.0102. The monoisotopic (exact) mass is 345 g/mol. The number of nitrogens with two attached hydrogens (primary N) is 1. The van der Waals surface area contributed by atoms with Crippen LogP contribution in [0.1, 0.15) is 55.0 Å². The average molecular weight is 345 g/mol. The van der Waals surface area contributed by atoms with Crippen LogP contribution < -0.4 is 11.1 Å². The summed E-state index contributed by atoms with van der Waals surface area (Å²) in [6.45, 7) is 7.07. The fourth-order valence-electron chi connectivity index (χ4n) is 2.24. The second kappa shape index (κ2) is 7.38. The smallest absolute Gasteiger partial charge is 0.308 e. The number of hydrogen-bond donors (Lipinski definition) is 2. The molecule has 0 radical (unpaired) electrons. The molecule has 0 aliphatic carbocycles. The first-order chi connectivity index (χ1) is 11.6. The van der Waals surface area contributed by atoms with Crippen molar-refractivity contribution >= 4 is 17.6 Å². The van der Waals surface area contributed by atoms with Crippen molar-refractivity contribution in [2.24, 2.45) is 0 Å². The molecule has 1 atom stereocenters. The van der Waals surface area contributed by atoms with Gasteiger partial charge >= 0.3 is 5.97 Å². The number of rotatable bonds is 5. The van der Waals surface area contributed by atoms with Gasteiger partial charge in [0.2, 0.25) is 0 Å². The molecule has 0 saturated heterocycles. The molecule has 7 nitrogen and oxygen atoms in total. The summed E-state index contributed by atoms with van der Waals surface area (Å²) >= 11 is 0. The Morgan fingerprint density at radius 2 is 1.92 bits per heavy atom. The third-order valence-electron chi connectivity index (χ3n) is 3.30. The summed E-state index contributed by atoms with van der Waals surface area (Å²) in [5.74, 6) is -0.311. The van der Waals surface area contributed by atoms with E-state index in [1.807, 2.05) is 0 Å². The number of nitrogens with one attached hydrogen (secondary N) is 1. The van der Waals surface area contributed by atoms with Crippen LogP contribution in [0.5, 0.6) is 0 Å². The number of nitrogen functional groups attached to an aromatic ring is 1. The van der Waals surface area contributed by atoms with Crippen molar-refractivity contribution < 1.29 is 18.8 Å². The summed E-state index contributed by atoms with van der Waals surface area (Å²) in [6.07, 6.45) is -0.0102. The van der Waals surface area contributed by atoms with Crippen LogP contribution in [0.15, 0.2) is 34.9 Å². The van der Waals surface area contributed by atoms with Gasteiger partial charge in [-0.1, -0.05) is 17.3 Å². The predicted molar refractivity (Wildman–Crippen MR) is 92.8 cm³/mol. The van der Waals surface area contributed by atoms with E-state index in [4.69, 9.17) is 15.0 Å². The van der Waals surface area contributed by atoms with E-state index in [0.717, 1.165) is 5.56 Å². The third kappa shape index (κ3) is 5.63. The van der Waals surface area contributed by atoms with Gasteiger partial charge in [-0.05, 0) is 45.4 Å². The predicted octanol–water partition coefficient (Wildman–Crippen LogP) is 2.77. The van der Waals surface area contributed by atoms with E-state index < -0.39 is 23.5 Å². The van der Waals surface area contributed by atoms with Crippen molar-refractivity contribution in [1.82, 2.24) is 10.5 Å². The van der Waals surface area contributed by atoms with E-state index in [0.29, 0.717) is 11.4 Å². The van der Waals surface area contributed by atoms with Gasteiger partial charge in [0.1, 0.15) is 11.4 Å². The van der Waals surface area contributed by atoms with Crippen LogP contribution >= 0.6 is 0 Å². The van der Waals surface area contributed by atoms with Gasteiger partial charge in [0.25, 0.3) is 5.91 Å². The van der Waals surface area contributed by atoms with Gasteiger partial charge in [-0.15, -0.1) is 0 Å². The van der Waals surface area contributed by atoms with E-state index in [9.17, 15) is 9.59 Å². The molecule has 2 rings (SSSR count). The molecule has 0 fully saturated rings. The van der Waals surface area contributed by atoms with E-state index in [1.165, 1.54) is 6.07 Å². The Morgan fingerprint density at radius 3 is 2.44 bits per heavy atom. The molecule has 3 N–H and O–H groups in total. The molecule has 1 amide bonds. The highest BCUT2D eigenvalue weighted by Gasteiger charge is 2.24. The lowest BCUT2D eigenvalue weighted by Crippen LogP contribution is -2.32. The number of carbonyl (C=O) groups excluding carboxylic acids is 2. The zero-order chi connectivity index (χ0) is 18.6. The lowest BCUT2D eigenvalue weighted by atomic mass is 10.0. The van der Waals surface area contributed by atoms with Gasteiger partial charge in [0, 0.05) is 11.8 Å². The highest BCUT2D eigenvalue weighted by molar-refractivity contribution is 5.92. The standard InChI is InChI=1S/C18H23N3O4/c1-11-9-15(21-25-11)17(23)20-14(10-16(22)24-18(2,3)4)12-5-7-13(19)8-6-12/h5-9,14H,10,19H2,1-4H3,(H,20,23)/t14-/m1/s1. The Labute approximate surface area is 146 Å². The Kier molecular flexibility index (Phi) is 5.46. The number of anilines is 1. The van der Waals surface area contributed by atoms with Gasteiger partial charge in [-0.3, -0.25) is 9.59 Å². The Morgan fingerprint density at radius 1 is 1.28 bits per heavy atom. The molecule has 0 saturated carbocycles. The average Bonchev–Trinajstić information content (AvgIpc) is 2.92. The SMILES string of the molecule is Cc1cc(C(=O)N[C@H](CC(=O)OC(C)(C)C)c2ccc(N)cc2)no1. The van der Waals surface area contributed by atoms with Crippen LogP contribution in [0.3, 0.4) is 0 Å². The van der Waals surface area contributed by atoms with Crippen molar-refractivity contribution in [2.75, 3.05) is 5.73 Å². The molecule has 0 aliphatic heterocycles. The normalized spacial score (nSPS) is 12.5. The van der Waals surface area contributed by atoms with Crippen LogP contribution in [0.4, 0.5) is 5.69 Å². The molecule has 0 aliphatic rings. The van der Waals surface area contributed by atoms with E-state index >= 15 is 0 Å². The Balaban J connectivity index is 2.18. The fourth-order valence-corrected chi connectivity index (χ4v) is 2.24. The molecule has 0 spiro atoms. The number of aryl methyl sites for hydroxylation is 1. The quantitative estimate of drug-likeness (QED) is 0.637. The summed E-state index contributed by atoms with van der Waals surface area (Å²) in [7, 11) is 0. The molecule has 1 aromatic carbocycles. The number of esters is 1. The molecular formula is C18H23N3O4. The van der Waals surface area contributed by atoms with Crippen LogP contribution in [-0.4, -0.2) is 22.6 Å². The number of benzene rings is 1. The zero-order valence-corrected chi connectivity index (χ0v) is 14.8. The van der Waals surface area contributed by atoms with Gasteiger partial charge in [0.15, 0.2) is 5.69 Å². The maximum Gasteiger partial charge on any atom is 0.308 e. The number of amides is 1. The summed E-state index contributed by atoms with van der Waals surface area (Å²) in [5, 5.41) is 6.49. The fraction of sp³-hybridized carbons (Fsp3) is 0.389. The number of nitrogens with zero attached hydrogens (tertiary/aromatic N) is 1. The Bertz CT molecular complexity index is 744. The lowest BCUT2D eigenvalue weighted by molar-refractivity contribution is -0.155. The molecule has 1 aromatic heterocycles.